The lowest BCUT2D eigenvalue weighted by atomic mass is 10.0. The van der Waals surface area contributed by atoms with Gasteiger partial charge in [0.05, 0.1) is 30.4 Å². The third-order valence-corrected chi connectivity index (χ3v) is 7.52. The van der Waals surface area contributed by atoms with Crippen molar-refractivity contribution in [2.75, 3.05) is 37.8 Å². The lowest BCUT2D eigenvalue weighted by molar-refractivity contribution is -0.266. The predicted molar refractivity (Wildman–Crippen MR) is 114 cm³/mol. The maximum atomic E-state index is 12.8. The minimum atomic E-state index is -3.05. The number of carbonyl (C=O) groups excluding carboxylic acids is 1. The van der Waals surface area contributed by atoms with Gasteiger partial charge in [-0.05, 0) is 38.8 Å². The van der Waals surface area contributed by atoms with Crippen LogP contribution in [0, 0.1) is 12.8 Å². The number of nitrogens with zero attached hydrogens (tertiary/aromatic N) is 2. The zero-order valence-electron chi connectivity index (χ0n) is 17.9. The molecule has 3 heterocycles. The highest BCUT2D eigenvalue weighted by atomic mass is 32.2. The molecule has 2 fully saturated rings. The number of aryl methyl sites for hydroxylation is 2. The molecule has 2 aliphatic heterocycles. The van der Waals surface area contributed by atoms with Crippen LogP contribution in [-0.4, -0.2) is 67.8 Å². The van der Waals surface area contributed by atoms with Gasteiger partial charge in [-0.3, -0.25) is 4.79 Å². The summed E-state index contributed by atoms with van der Waals surface area (Å²) in [5.74, 6) is -0.136. The Labute approximate surface area is 182 Å². The third kappa shape index (κ3) is 4.99. The normalized spacial score (nSPS) is 26.0. The Morgan fingerprint density at radius 2 is 1.81 bits per heavy atom. The minimum Gasteiger partial charge on any atom is -0.441 e. The van der Waals surface area contributed by atoms with Crippen LogP contribution >= 0.6 is 0 Å². The molecule has 0 spiro atoms. The van der Waals surface area contributed by atoms with Crippen molar-refractivity contribution >= 4 is 15.7 Å². The van der Waals surface area contributed by atoms with Crippen LogP contribution in [0.15, 0.2) is 34.7 Å². The molecule has 1 amide bonds. The first-order valence-corrected chi connectivity index (χ1v) is 12.4. The summed E-state index contributed by atoms with van der Waals surface area (Å²) >= 11 is 0. The highest BCUT2D eigenvalue weighted by Gasteiger charge is 2.44. The van der Waals surface area contributed by atoms with E-state index in [2.05, 4.69) is 4.98 Å². The molecule has 2 aromatic rings. The van der Waals surface area contributed by atoms with E-state index in [4.69, 9.17) is 13.9 Å². The number of ether oxygens (including phenoxy) is 2. The second-order valence-electron chi connectivity index (χ2n) is 8.30. The molecule has 4 rings (SSSR count). The fourth-order valence-electron chi connectivity index (χ4n) is 3.84. The van der Waals surface area contributed by atoms with Crippen molar-refractivity contribution in [1.82, 2.24) is 9.88 Å². The van der Waals surface area contributed by atoms with Crippen molar-refractivity contribution in [2.45, 2.75) is 32.5 Å². The number of aromatic nitrogens is 1. The summed E-state index contributed by atoms with van der Waals surface area (Å²) in [7, 11) is -3.05. The Kier molecular flexibility index (Phi) is 6.18. The SMILES string of the molecule is Cc1oc(-c2ccccc2)nc1CCC1COC(C)(C(=O)N2CCS(=O)(=O)CC2)OC1. The van der Waals surface area contributed by atoms with E-state index in [1.54, 1.807) is 6.92 Å². The standard InChI is InChI=1S/C22H28N2O6S/c1-16-19(23-20(30-16)18-6-4-3-5-7-18)9-8-17-14-28-22(2,29-15-17)21(25)24-10-12-31(26,27)13-11-24/h3-7,17H,8-15H2,1-2H3. The van der Waals surface area contributed by atoms with E-state index in [0.29, 0.717) is 19.1 Å². The summed E-state index contributed by atoms with van der Waals surface area (Å²) in [6.07, 6.45) is 1.53. The summed E-state index contributed by atoms with van der Waals surface area (Å²) in [6.45, 7) is 4.69. The predicted octanol–water partition coefficient (Wildman–Crippen LogP) is 2.22. The Bertz CT molecular complexity index is 1010. The first-order chi connectivity index (χ1) is 14.8. The van der Waals surface area contributed by atoms with Crippen molar-refractivity contribution in [3.63, 3.8) is 0 Å². The molecule has 9 heteroatoms. The number of hydrogen-bond acceptors (Lipinski definition) is 7. The van der Waals surface area contributed by atoms with Crippen molar-refractivity contribution in [3.05, 3.63) is 41.8 Å². The molecule has 31 heavy (non-hydrogen) atoms. The second kappa shape index (κ2) is 8.72. The molecule has 0 aliphatic carbocycles. The van der Waals surface area contributed by atoms with Gasteiger partial charge in [0.1, 0.15) is 5.76 Å². The average Bonchev–Trinajstić information content (AvgIpc) is 3.14. The summed E-state index contributed by atoms with van der Waals surface area (Å²) in [5.41, 5.74) is 1.86. The summed E-state index contributed by atoms with van der Waals surface area (Å²) in [4.78, 5) is 19.0. The van der Waals surface area contributed by atoms with Crippen molar-refractivity contribution in [2.24, 2.45) is 5.92 Å². The van der Waals surface area contributed by atoms with Crippen LogP contribution in [-0.2, 0) is 30.5 Å². The molecule has 0 atom stereocenters. The van der Waals surface area contributed by atoms with Gasteiger partial charge < -0.3 is 18.8 Å². The Hall–Kier alpha value is -2.23. The van der Waals surface area contributed by atoms with Crippen LogP contribution in [0.2, 0.25) is 0 Å². The van der Waals surface area contributed by atoms with Crippen molar-refractivity contribution < 1.29 is 27.1 Å². The number of benzene rings is 1. The van der Waals surface area contributed by atoms with Crippen LogP contribution in [0.1, 0.15) is 24.8 Å². The number of oxazole rings is 1. The fourth-order valence-corrected chi connectivity index (χ4v) is 5.04. The number of amides is 1. The first kappa shape index (κ1) is 22.0. The fraction of sp³-hybridized carbons (Fsp3) is 0.545. The highest BCUT2D eigenvalue weighted by molar-refractivity contribution is 7.91. The smallest absolute Gasteiger partial charge is 0.282 e. The first-order valence-electron chi connectivity index (χ1n) is 10.6. The molecule has 1 aromatic heterocycles. The Morgan fingerprint density at radius 1 is 1.16 bits per heavy atom. The van der Waals surface area contributed by atoms with Gasteiger partial charge in [0, 0.05) is 24.6 Å². The summed E-state index contributed by atoms with van der Waals surface area (Å²) in [6, 6.07) is 9.79. The topological polar surface area (TPSA) is 98.9 Å². The van der Waals surface area contributed by atoms with Crippen LogP contribution in [0.25, 0.3) is 11.5 Å². The van der Waals surface area contributed by atoms with E-state index in [9.17, 15) is 13.2 Å². The van der Waals surface area contributed by atoms with Gasteiger partial charge in [0.2, 0.25) is 11.7 Å². The van der Waals surface area contributed by atoms with Crippen LogP contribution < -0.4 is 0 Å². The van der Waals surface area contributed by atoms with E-state index >= 15 is 0 Å². The molecule has 8 nitrogen and oxygen atoms in total. The van der Waals surface area contributed by atoms with E-state index in [-0.39, 0.29) is 36.4 Å². The molecule has 168 valence electrons. The number of hydrogen-bond donors (Lipinski definition) is 0. The molecule has 0 bridgehead atoms. The largest absolute Gasteiger partial charge is 0.441 e. The van der Waals surface area contributed by atoms with Crippen LogP contribution in [0.3, 0.4) is 0 Å². The van der Waals surface area contributed by atoms with Gasteiger partial charge in [0.15, 0.2) is 9.84 Å². The number of rotatable bonds is 5. The van der Waals surface area contributed by atoms with Crippen LogP contribution in [0.5, 0.6) is 0 Å². The monoisotopic (exact) mass is 448 g/mol. The van der Waals surface area contributed by atoms with E-state index in [0.717, 1.165) is 29.9 Å². The molecule has 0 saturated carbocycles. The third-order valence-electron chi connectivity index (χ3n) is 5.91. The highest BCUT2D eigenvalue weighted by Crippen LogP contribution is 2.28. The van der Waals surface area contributed by atoms with E-state index < -0.39 is 15.6 Å². The molecule has 0 radical (unpaired) electrons. The van der Waals surface area contributed by atoms with E-state index in [1.165, 1.54) is 4.90 Å². The lowest BCUT2D eigenvalue weighted by Crippen LogP contribution is -2.57. The van der Waals surface area contributed by atoms with Crippen LogP contribution in [0.4, 0.5) is 0 Å². The zero-order chi connectivity index (χ0) is 22.1. The maximum Gasteiger partial charge on any atom is 0.282 e. The molecular formula is C22H28N2O6S. The van der Waals surface area contributed by atoms with Gasteiger partial charge >= 0.3 is 0 Å². The van der Waals surface area contributed by atoms with Crippen molar-refractivity contribution in [1.29, 1.82) is 0 Å². The zero-order valence-corrected chi connectivity index (χ0v) is 18.7. The van der Waals surface area contributed by atoms with Crippen molar-refractivity contribution in [3.8, 4) is 11.5 Å². The Morgan fingerprint density at radius 3 is 2.45 bits per heavy atom. The lowest BCUT2D eigenvalue weighted by Gasteiger charge is -2.40. The molecule has 1 aromatic carbocycles. The number of sulfone groups is 1. The molecule has 0 unspecified atom stereocenters. The second-order valence-corrected chi connectivity index (χ2v) is 10.6. The minimum absolute atomic E-state index is 0.0144. The van der Waals surface area contributed by atoms with Gasteiger partial charge in [-0.2, -0.15) is 0 Å². The maximum absolute atomic E-state index is 12.8. The number of carbonyl (C=O) groups is 1. The summed E-state index contributed by atoms with van der Waals surface area (Å²) < 4.78 is 40.7. The van der Waals surface area contributed by atoms with Gasteiger partial charge in [0.25, 0.3) is 5.91 Å². The molecule has 2 saturated heterocycles. The average molecular weight is 449 g/mol. The summed E-state index contributed by atoms with van der Waals surface area (Å²) in [5, 5.41) is 0. The van der Waals surface area contributed by atoms with E-state index in [1.807, 2.05) is 37.3 Å². The molecule has 0 N–H and O–H groups in total. The molecule has 2 aliphatic rings. The van der Waals surface area contributed by atoms with Gasteiger partial charge in [-0.25, -0.2) is 13.4 Å². The Balaban J connectivity index is 1.30. The molecular weight excluding hydrogens is 420 g/mol. The van der Waals surface area contributed by atoms with Gasteiger partial charge in [-0.15, -0.1) is 0 Å². The van der Waals surface area contributed by atoms with Gasteiger partial charge in [-0.1, -0.05) is 18.2 Å². The quantitative estimate of drug-likeness (QED) is 0.692.